The monoisotopic (exact) mass is 350 g/mol. The number of carbonyl (C=O) groups excluding carboxylic acids is 2. The van der Waals surface area contributed by atoms with Crippen molar-refractivity contribution in [1.82, 2.24) is 5.32 Å². The van der Waals surface area contributed by atoms with Gasteiger partial charge in [-0.05, 0) is 30.3 Å². The molecule has 0 aliphatic rings. The van der Waals surface area contributed by atoms with Crippen LogP contribution < -0.4 is 10.6 Å². The highest BCUT2D eigenvalue weighted by atomic mass is 79.9. The van der Waals surface area contributed by atoms with E-state index >= 15 is 0 Å². The fourth-order valence-corrected chi connectivity index (χ4v) is 2.15. The summed E-state index contributed by atoms with van der Waals surface area (Å²) in [5.74, 6) is -1.58. The Labute approximate surface area is 129 Å². The Balaban J connectivity index is 2.32. The first kappa shape index (κ1) is 15.2. The Bertz CT molecular complexity index is 704. The summed E-state index contributed by atoms with van der Waals surface area (Å²) in [4.78, 5) is 23.9. The molecule has 6 heteroatoms. The van der Waals surface area contributed by atoms with E-state index in [1.807, 2.05) is 0 Å². The molecular formula is C15H12BrFN2O2. The molecule has 0 fully saturated rings. The number of rotatable bonds is 3. The average molecular weight is 351 g/mol. The molecule has 0 bridgehead atoms. The summed E-state index contributed by atoms with van der Waals surface area (Å²) in [6.07, 6.45) is 0. The number of amides is 2. The van der Waals surface area contributed by atoms with Gasteiger partial charge in [0.2, 0.25) is 0 Å². The predicted molar refractivity (Wildman–Crippen MR) is 81.9 cm³/mol. The third kappa shape index (κ3) is 3.46. The molecule has 4 nitrogen and oxygen atoms in total. The highest BCUT2D eigenvalue weighted by molar-refractivity contribution is 9.10. The lowest BCUT2D eigenvalue weighted by molar-refractivity contribution is 0.0964. The van der Waals surface area contributed by atoms with Crippen molar-refractivity contribution in [1.29, 1.82) is 0 Å². The van der Waals surface area contributed by atoms with Gasteiger partial charge < -0.3 is 10.6 Å². The van der Waals surface area contributed by atoms with Crippen LogP contribution in [-0.2, 0) is 0 Å². The second kappa shape index (κ2) is 6.49. The number of para-hydroxylation sites is 1. The van der Waals surface area contributed by atoms with Gasteiger partial charge in [0.05, 0.1) is 16.8 Å². The van der Waals surface area contributed by atoms with E-state index in [4.69, 9.17) is 0 Å². The molecule has 0 spiro atoms. The van der Waals surface area contributed by atoms with Crippen LogP contribution in [0.15, 0.2) is 46.9 Å². The molecule has 0 radical (unpaired) electrons. The molecule has 0 saturated heterocycles. The summed E-state index contributed by atoms with van der Waals surface area (Å²) in [6.45, 7) is 0. The van der Waals surface area contributed by atoms with Gasteiger partial charge in [-0.15, -0.1) is 0 Å². The number of halogens is 2. The maximum atomic E-state index is 13.7. The van der Waals surface area contributed by atoms with Crippen LogP contribution in [0.25, 0.3) is 0 Å². The van der Waals surface area contributed by atoms with E-state index in [0.717, 1.165) is 0 Å². The minimum absolute atomic E-state index is 0.101. The summed E-state index contributed by atoms with van der Waals surface area (Å²) >= 11 is 3.19. The number of hydrogen-bond acceptors (Lipinski definition) is 2. The Morgan fingerprint density at radius 1 is 1.05 bits per heavy atom. The Morgan fingerprint density at radius 2 is 1.76 bits per heavy atom. The SMILES string of the molecule is CNC(=O)c1ccccc1NC(=O)c1cc(Br)ccc1F. The van der Waals surface area contributed by atoms with Crippen LogP contribution in [0.2, 0.25) is 0 Å². The molecule has 0 aliphatic heterocycles. The number of carbonyl (C=O) groups is 2. The van der Waals surface area contributed by atoms with Crippen molar-refractivity contribution >= 4 is 33.4 Å². The lowest BCUT2D eigenvalue weighted by Gasteiger charge is -2.10. The van der Waals surface area contributed by atoms with Crippen LogP contribution in [-0.4, -0.2) is 18.9 Å². The molecule has 21 heavy (non-hydrogen) atoms. The van der Waals surface area contributed by atoms with Crippen molar-refractivity contribution in [3.8, 4) is 0 Å². The predicted octanol–water partition coefficient (Wildman–Crippen LogP) is 3.20. The topological polar surface area (TPSA) is 58.2 Å². The molecule has 108 valence electrons. The number of hydrogen-bond donors (Lipinski definition) is 2. The first-order chi connectivity index (χ1) is 10.0. The maximum absolute atomic E-state index is 13.7. The van der Waals surface area contributed by atoms with E-state index in [2.05, 4.69) is 26.6 Å². The second-order valence-corrected chi connectivity index (χ2v) is 5.12. The third-order valence-electron chi connectivity index (χ3n) is 2.82. The fourth-order valence-electron chi connectivity index (χ4n) is 1.79. The van der Waals surface area contributed by atoms with Crippen LogP contribution in [0, 0.1) is 5.82 Å². The molecule has 0 atom stereocenters. The van der Waals surface area contributed by atoms with Gasteiger partial charge in [0.15, 0.2) is 0 Å². The van der Waals surface area contributed by atoms with Crippen molar-refractivity contribution in [3.05, 3.63) is 63.9 Å². The Hall–Kier alpha value is -2.21. The second-order valence-electron chi connectivity index (χ2n) is 4.20. The van der Waals surface area contributed by atoms with Gasteiger partial charge in [0.1, 0.15) is 5.82 Å². The van der Waals surface area contributed by atoms with E-state index < -0.39 is 11.7 Å². The molecule has 2 N–H and O–H groups in total. The molecule has 2 amide bonds. The lowest BCUT2D eigenvalue weighted by Crippen LogP contribution is -2.21. The van der Waals surface area contributed by atoms with Crippen molar-refractivity contribution in [2.75, 3.05) is 12.4 Å². The van der Waals surface area contributed by atoms with Gasteiger partial charge in [-0.1, -0.05) is 28.1 Å². The van der Waals surface area contributed by atoms with Crippen LogP contribution >= 0.6 is 15.9 Å². The van der Waals surface area contributed by atoms with Crippen LogP contribution in [0.3, 0.4) is 0 Å². The van der Waals surface area contributed by atoms with E-state index in [1.165, 1.54) is 25.2 Å². The highest BCUT2D eigenvalue weighted by Crippen LogP contribution is 2.19. The normalized spacial score (nSPS) is 10.0. The minimum atomic E-state index is -0.631. The van der Waals surface area contributed by atoms with Gasteiger partial charge in [0.25, 0.3) is 11.8 Å². The first-order valence-corrected chi connectivity index (χ1v) is 6.89. The Kier molecular flexibility index (Phi) is 4.70. The molecule has 0 saturated carbocycles. The zero-order valence-electron chi connectivity index (χ0n) is 11.1. The summed E-state index contributed by atoms with van der Waals surface area (Å²) in [7, 11) is 1.49. The van der Waals surface area contributed by atoms with Crippen molar-refractivity contribution in [3.63, 3.8) is 0 Å². The van der Waals surface area contributed by atoms with E-state index in [0.29, 0.717) is 15.7 Å². The molecule has 0 heterocycles. The van der Waals surface area contributed by atoms with Crippen LogP contribution in [0.1, 0.15) is 20.7 Å². The number of anilines is 1. The van der Waals surface area contributed by atoms with Gasteiger partial charge in [-0.2, -0.15) is 0 Å². The highest BCUT2D eigenvalue weighted by Gasteiger charge is 2.16. The molecule has 0 aliphatic carbocycles. The summed E-state index contributed by atoms with van der Waals surface area (Å²) in [5.41, 5.74) is 0.529. The smallest absolute Gasteiger partial charge is 0.258 e. The zero-order valence-corrected chi connectivity index (χ0v) is 12.7. The van der Waals surface area contributed by atoms with Gasteiger partial charge in [-0.3, -0.25) is 9.59 Å². The van der Waals surface area contributed by atoms with Gasteiger partial charge in [0, 0.05) is 11.5 Å². The van der Waals surface area contributed by atoms with Gasteiger partial charge in [-0.25, -0.2) is 4.39 Å². The van der Waals surface area contributed by atoms with E-state index in [1.54, 1.807) is 24.3 Å². The molecule has 2 aromatic carbocycles. The van der Waals surface area contributed by atoms with Crippen molar-refractivity contribution in [2.45, 2.75) is 0 Å². The minimum Gasteiger partial charge on any atom is -0.355 e. The number of nitrogens with one attached hydrogen (secondary N) is 2. The largest absolute Gasteiger partial charge is 0.355 e. The van der Waals surface area contributed by atoms with Crippen molar-refractivity contribution < 1.29 is 14.0 Å². The fraction of sp³-hybridized carbons (Fsp3) is 0.0667. The summed E-state index contributed by atoms with van der Waals surface area (Å²) < 4.78 is 14.3. The summed E-state index contributed by atoms with van der Waals surface area (Å²) in [5, 5.41) is 5.03. The standard InChI is InChI=1S/C15H12BrFN2O2/c1-18-14(20)10-4-2-3-5-13(10)19-15(21)11-8-9(16)6-7-12(11)17/h2-8H,1H3,(H,18,20)(H,19,21). The van der Waals surface area contributed by atoms with Crippen molar-refractivity contribution in [2.24, 2.45) is 0 Å². The summed E-state index contributed by atoms with van der Waals surface area (Å²) in [6, 6.07) is 10.6. The maximum Gasteiger partial charge on any atom is 0.258 e. The van der Waals surface area contributed by atoms with E-state index in [9.17, 15) is 14.0 Å². The lowest BCUT2D eigenvalue weighted by atomic mass is 10.1. The third-order valence-corrected chi connectivity index (χ3v) is 3.31. The Morgan fingerprint density at radius 3 is 2.48 bits per heavy atom. The molecule has 2 aromatic rings. The molecular weight excluding hydrogens is 339 g/mol. The quantitative estimate of drug-likeness (QED) is 0.892. The average Bonchev–Trinajstić information content (AvgIpc) is 2.49. The molecule has 2 rings (SSSR count). The molecule has 0 unspecified atom stereocenters. The zero-order chi connectivity index (χ0) is 15.4. The number of benzene rings is 2. The van der Waals surface area contributed by atoms with Crippen LogP contribution in [0.5, 0.6) is 0 Å². The van der Waals surface area contributed by atoms with Gasteiger partial charge >= 0.3 is 0 Å². The first-order valence-electron chi connectivity index (χ1n) is 6.10. The van der Waals surface area contributed by atoms with Crippen LogP contribution in [0.4, 0.5) is 10.1 Å². The molecule has 0 aromatic heterocycles. The van der Waals surface area contributed by atoms with E-state index in [-0.39, 0.29) is 11.5 Å².